The van der Waals surface area contributed by atoms with E-state index in [0.717, 1.165) is 5.56 Å². The molecule has 1 saturated heterocycles. The van der Waals surface area contributed by atoms with Crippen LogP contribution in [0.2, 0.25) is 0 Å². The maximum absolute atomic E-state index is 11.7. The second-order valence-electron chi connectivity index (χ2n) is 6.56. The Kier molecular flexibility index (Phi) is 8.67. The molecule has 1 heterocycles. The summed E-state index contributed by atoms with van der Waals surface area (Å²) in [7, 11) is 0. The maximum Gasteiger partial charge on any atom is 0.303 e. The van der Waals surface area contributed by atoms with E-state index in [0.29, 0.717) is 6.42 Å². The van der Waals surface area contributed by atoms with Gasteiger partial charge in [-0.05, 0) is 17.5 Å². The molecule has 9 heteroatoms. The third-order valence-corrected chi connectivity index (χ3v) is 4.34. The average molecular weight is 403 g/mol. The van der Waals surface area contributed by atoms with Gasteiger partial charge in [-0.1, -0.05) is 41.5 Å². The zero-order chi connectivity index (χ0) is 21.2. The van der Waals surface area contributed by atoms with Crippen LogP contribution < -0.4 is 0 Å². The first-order valence-electron chi connectivity index (χ1n) is 9.23. The molecule has 1 aromatic rings. The van der Waals surface area contributed by atoms with E-state index in [-0.39, 0.29) is 13.2 Å². The number of hydrogen-bond donors (Lipinski definition) is 0. The van der Waals surface area contributed by atoms with E-state index >= 15 is 0 Å². The van der Waals surface area contributed by atoms with Gasteiger partial charge >= 0.3 is 11.9 Å². The molecule has 0 unspecified atom stereocenters. The first kappa shape index (κ1) is 22.4. The lowest BCUT2D eigenvalue weighted by Crippen LogP contribution is -2.61. The van der Waals surface area contributed by atoms with Gasteiger partial charge in [0, 0.05) is 18.8 Å². The first-order valence-corrected chi connectivity index (χ1v) is 9.23. The highest BCUT2D eigenvalue weighted by molar-refractivity contribution is 5.67. The van der Waals surface area contributed by atoms with Gasteiger partial charge in [-0.2, -0.15) is 0 Å². The molecule has 0 N–H and O–H groups in total. The summed E-state index contributed by atoms with van der Waals surface area (Å²) in [4.78, 5) is 26.2. The van der Waals surface area contributed by atoms with Crippen LogP contribution >= 0.6 is 0 Å². The van der Waals surface area contributed by atoms with Gasteiger partial charge in [0.2, 0.25) is 0 Å². The molecule has 1 aromatic carbocycles. The number of esters is 2. The molecule has 29 heavy (non-hydrogen) atoms. The fourth-order valence-electron chi connectivity index (χ4n) is 3.23. The smallest absolute Gasteiger partial charge is 0.303 e. The van der Waals surface area contributed by atoms with Gasteiger partial charge in [-0.25, -0.2) is 0 Å². The van der Waals surface area contributed by atoms with Crippen molar-refractivity contribution in [3.63, 3.8) is 0 Å². The topological polar surface area (TPSA) is 120 Å². The molecule has 5 atom stereocenters. The molecule has 0 aromatic heterocycles. The molecule has 2 rings (SSSR count). The Bertz CT molecular complexity index is 750. The predicted octanol–water partition coefficient (Wildman–Crippen LogP) is 3.09. The van der Waals surface area contributed by atoms with Gasteiger partial charge in [0.1, 0.15) is 18.3 Å². The SMILES string of the molecule is C=CC[C@H]1O[C@H](CN=[N+]=[N-])[C@@H](OC(C)=O)[C@H](OCc2ccccc2)[C@H]1OC(C)=O. The molecule has 0 spiro atoms. The quantitative estimate of drug-likeness (QED) is 0.205. The zero-order valence-corrected chi connectivity index (χ0v) is 16.5. The lowest BCUT2D eigenvalue weighted by Gasteiger charge is -2.45. The van der Waals surface area contributed by atoms with Gasteiger partial charge in [-0.15, -0.1) is 6.58 Å². The largest absolute Gasteiger partial charge is 0.457 e. The second kappa shape index (κ2) is 11.2. The molecule has 1 fully saturated rings. The highest BCUT2D eigenvalue weighted by Gasteiger charge is 2.49. The number of rotatable bonds is 9. The van der Waals surface area contributed by atoms with Gasteiger partial charge in [0.25, 0.3) is 0 Å². The van der Waals surface area contributed by atoms with Crippen LogP contribution in [0.4, 0.5) is 0 Å². The van der Waals surface area contributed by atoms with Crippen LogP contribution in [0.25, 0.3) is 10.4 Å². The van der Waals surface area contributed by atoms with Crippen molar-refractivity contribution in [1.82, 2.24) is 0 Å². The number of benzene rings is 1. The van der Waals surface area contributed by atoms with Crippen molar-refractivity contribution in [3.05, 3.63) is 59.0 Å². The van der Waals surface area contributed by atoms with Crippen molar-refractivity contribution >= 4 is 11.9 Å². The Morgan fingerprint density at radius 2 is 1.76 bits per heavy atom. The van der Waals surface area contributed by atoms with Crippen molar-refractivity contribution in [2.75, 3.05) is 6.54 Å². The van der Waals surface area contributed by atoms with Crippen LogP contribution in [0.5, 0.6) is 0 Å². The van der Waals surface area contributed by atoms with Crippen molar-refractivity contribution in [2.45, 2.75) is 57.4 Å². The van der Waals surface area contributed by atoms with Crippen molar-refractivity contribution in [2.24, 2.45) is 5.11 Å². The summed E-state index contributed by atoms with van der Waals surface area (Å²) in [5.41, 5.74) is 9.60. The van der Waals surface area contributed by atoms with Crippen LogP contribution in [-0.4, -0.2) is 49.0 Å². The third kappa shape index (κ3) is 6.60. The standard InChI is InChI=1S/C20H25N3O6/c1-4-8-16-18(27-13(2)24)20(26-12-15-9-6-5-7-10-15)19(28-14(3)25)17(29-16)11-22-23-21/h4-7,9-10,16-20H,1,8,11-12H2,2-3H3/t16-,17-,18+,19-,20-/m1/s1. The summed E-state index contributed by atoms with van der Waals surface area (Å²) >= 11 is 0. The van der Waals surface area contributed by atoms with E-state index in [1.165, 1.54) is 13.8 Å². The van der Waals surface area contributed by atoms with Crippen LogP contribution in [0.3, 0.4) is 0 Å². The minimum atomic E-state index is -0.924. The van der Waals surface area contributed by atoms with E-state index in [1.807, 2.05) is 30.3 Å². The predicted molar refractivity (Wildman–Crippen MR) is 104 cm³/mol. The van der Waals surface area contributed by atoms with E-state index < -0.39 is 42.5 Å². The van der Waals surface area contributed by atoms with Crippen LogP contribution in [0, 0.1) is 0 Å². The molecule has 1 aliphatic rings. The minimum absolute atomic E-state index is 0.0694. The Labute approximate surface area is 169 Å². The summed E-state index contributed by atoms with van der Waals surface area (Å²) in [6.45, 7) is 6.39. The van der Waals surface area contributed by atoms with E-state index in [1.54, 1.807) is 6.08 Å². The molecular formula is C20H25N3O6. The average Bonchev–Trinajstić information content (AvgIpc) is 2.68. The number of hydrogen-bond acceptors (Lipinski definition) is 7. The summed E-state index contributed by atoms with van der Waals surface area (Å²) in [6, 6.07) is 9.41. The van der Waals surface area contributed by atoms with Crippen LogP contribution in [0.1, 0.15) is 25.8 Å². The molecule has 156 valence electrons. The lowest BCUT2D eigenvalue weighted by atomic mass is 9.92. The summed E-state index contributed by atoms with van der Waals surface area (Å²) in [5, 5.41) is 3.56. The lowest BCUT2D eigenvalue weighted by molar-refractivity contribution is -0.249. The third-order valence-electron chi connectivity index (χ3n) is 4.34. The van der Waals surface area contributed by atoms with E-state index in [2.05, 4.69) is 16.6 Å². The Morgan fingerprint density at radius 3 is 2.31 bits per heavy atom. The summed E-state index contributed by atoms with van der Waals surface area (Å²) in [6.07, 6.45) is -1.93. The highest BCUT2D eigenvalue weighted by Crippen LogP contribution is 2.31. The fourth-order valence-corrected chi connectivity index (χ4v) is 3.23. The van der Waals surface area contributed by atoms with E-state index in [9.17, 15) is 9.59 Å². The molecule has 0 radical (unpaired) electrons. The molecular weight excluding hydrogens is 378 g/mol. The van der Waals surface area contributed by atoms with Crippen molar-refractivity contribution < 1.29 is 28.5 Å². The van der Waals surface area contributed by atoms with Crippen molar-refractivity contribution in [1.29, 1.82) is 0 Å². The molecule has 0 aliphatic carbocycles. The second-order valence-corrected chi connectivity index (χ2v) is 6.56. The highest BCUT2D eigenvalue weighted by atomic mass is 16.6. The monoisotopic (exact) mass is 403 g/mol. The number of ether oxygens (including phenoxy) is 4. The molecule has 9 nitrogen and oxygen atoms in total. The zero-order valence-electron chi connectivity index (χ0n) is 16.5. The minimum Gasteiger partial charge on any atom is -0.457 e. The maximum atomic E-state index is 11.7. The molecule has 0 saturated carbocycles. The number of nitrogens with zero attached hydrogens (tertiary/aromatic N) is 3. The van der Waals surface area contributed by atoms with E-state index in [4.69, 9.17) is 24.5 Å². The summed E-state index contributed by atoms with van der Waals surface area (Å²) < 4.78 is 23.0. The number of carbonyl (C=O) groups is 2. The van der Waals surface area contributed by atoms with Gasteiger partial charge in [-0.3, -0.25) is 9.59 Å². The normalized spacial score (nSPS) is 26.1. The summed E-state index contributed by atoms with van der Waals surface area (Å²) in [5.74, 6) is -1.07. The number of carbonyl (C=O) groups excluding carboxylic acids is 2. The Morgan fingerprint density at radius 1 is 1.14 bits per heavy atom. The molecule has 1 aliphatic heterocycles. The number of azide groups is 1. The van der Waals surface area contributed by atoms with Gasteiger partial charge in [0.05, 0.1) is 13.2 Å². The Hall–Kier alpha value is -2.87. The Balaban J connectivity index is 2.36. The molecule has 0 bridgehead atoms. The van der Waals surface area contributed by atoms with Crippen LogP contribution in [0.15, 0.2) is 48.1 Å². The van der Waals surface area contributed by atoms with Gasteiger partial charge in [0.15, 0.2) is 12.2 Å². The fraction of sp³-hybridized carbons (Fsp3) is 0.500. The first-order chi connectivity index (χ1) is 14.0. The molecule has 0 amide bonds. The van der Waals surface area contributed by atoms with Gasteiger partial charge < -0.3 is 18.9 Å². The van der Waals surface area contributed by atoms with Crippen molar-refractivity contribution in [3.8, 4) is 0 Å². The van der Waals surface area contributed by atoms with Crippen LogP contribution in [-0.2, 0) is 35.1 Å².